The number of fused-ring (bicyclic) bond motifs is 1. The van der Waals surface area contributed by atoms with Gasteiger partial charge in [-0.15, -0.1) is 0 Å². The van der Waals surface area contributed by atoms with Crippen LogP contribution >= 0.6 is 11.6 Å². The molecule has 4 heteroatoms. The van der Waals surface area contributed by atoms with Gasteiger partial charge in [0.15, 0.2) is 0 Å². The van der Waals surface area contributed by atoms with Crippen LogP contribution < -0.4 is 5.32 Å². The molecule has 0 spiro atoms. The van der Waals surface area contributed by atoms with Crippen molar-refractivity contribution in [3.63, 3.8) is 0 Å². The van der Waals surface area contributed by atoms with Crippen molar-refractivity contribution in [1.82, 2.24) is 0 Å². The van der Waals surface area contributed by atoms with Crippen LogP contribution in [0.5, 0.6) is 0 Å². The van der Waals surface area contributed by atoms with E-state index in [-0.39, 0.29) is 17.2 Å². The maximum absolute atomic E-state index is 12.6. The fraction of sp³-hybridized carbons (Fsp3) is 0. The average molecular weight is 424 g/mol. The Morgan fingerprint density at radius 1 is 0.710 bits per heavy atom. The van der Waals surface area contributed by atoms with E-state index < -0.39 is 0 Å². The molecule has 1 aliphatic rings. The van der Waals surface area contributed by atoms with E-state index in [0.29, 0.717) is 21.8 Å². The Bertz CT molecular complexity index is 1310. The number of hydrogen-bond donors (Lipinski definition) is 2. The van der Waals surface area contributed by atoms with Crippen LogP contribution in [-0.2, 0) is 4.79 Å². The van der Waals surface area contributed by atoms with Gasteiger partial charge in [0.2, 0.25) is 0 Å². The monoisotopic (exact) mass is 423 g/mol. The Hall–Kier alpha value is -3.82. The molecular weight excluding hydrogens is 406 g/mol. The smallest absolute Gasteiger partial charge is 0.260 e. The highest BCUT2D eigenvalue weighted by molar-refractivity contribution is 6.38. The second-order valence-electron chi connectivity index (χ2n) is 7.36. The lowest BCUT2D eigenvalue weighted by Crippen LogP contribution is -2.05. The lowest BCUT2D eigenvalue weighted by Gasteiger charge is -2.10. The Morgan fingerprint density at radius 3 is 1.97 bits per heavy atom. The topological polar surface area (TPSA) is 49.3 Å². The largest absolute Gasteiger partial charge is 0.506 e. The molecule has 3 nitrogen and oxygen atoms in total. The van der Waals surface area contributed by atoms with Crippen molar-refractivity contribution in [1.29, 1.82) is 0 Å². The zero-order valence-electron chi connectivity index (χ0n) is 16.5. The van der Waals surface area contributed by atoms with Crippen LogP contribution in [0.15, 0.2) is 97.1 Å². The molecule has 1 aliphatic heterocycles. The molecule has 0 radical (unpaired) electrons. The number of halogens is 1. The summed E-state index contributed by atoms with van der Waals surface area (Å²) in [7, 11) is 0. The maximum Gasteiger partial charge on any atom is 0.260 e. The van der Waals surface area contributed by atoms with E-state index in [0.717, 1.165) is 22.3 Å². The highest BCUT2D eigenvalue weighted by Crippen LogP contribution is 2.42. The zero-order chi connectivity index (χ0) is 21.4. The number of nitrogens with one attached hydrogen (secondary N) is 1. The minimum Gasteiger partial charge on any atom is -0.506 e. The standard InChI is InChI=1S/C27H18ClNO2/c28-23-16-24-22(25(27(31)29-24)26(30)20-9-5-2-6-10-20)15-21(23)19-13-11-18(12-14-19)17-7-3-1-4-8-17/h1-16,30H,(H,29,31). The Balaban J connectivity index is 1.59. The molecule has 150 valence electrons. The first-order chi connectivity index (χ1) is 15.1. The van der Waals surface area contributed by atoms with Crippen molar-refractivity contribution < 1.29 is 9.90 Å². The van der Waals surface area contributed by atoms with Crippen molar-refractivity contribution in [2.24, 2.45) is 0 Å². The predicted molar refractivity (Wildman–Crippen MR) is 127 cm³/mol. The lowest BCUT2D eigenvalue weighted by atomic mass is 9.96. The van der Waals surface area contributed by atoms with Crippen molar-refractivity contribution in [2.45, 2.75) is 0 Å². The number of carbonyl (C=O) groups is 1. The summed E-state index contributed by atoms with van der Waals surface area (Å²) < 4.78 is 0. The van der Waals surface area contributed by atoms with Crippen molar-refractivity contribution in [3.05, 3.63) is 113 Å². The summed E-state index contributed by atoms with van der Waals surface area (Å²) >= 11 is 6.56. The van der Waals surface area contributed by atoms with E-state index in [4.69, 9.17) is 11.6 Å². The average Bonchev–Trinajstić information content (AvgIpc) is 3.13. The third-order valence-corrected chi connectivity index (χ3v) is 5.75. The minimum atomic E-state index is -0.344. The maximum atomic E-state index is 12.6. The lowest BCUT2D eigenvalue weighted by molar-refractivity contribution is -0.110. The number of hydrogen-bond acceptors (Lipinski definition) is 2. The van der Waals surface area contributed by atoms with Gasteiger partial charge in [0.1, 0.15) is 5.76 Å². The number of benzene rings is 4. The molecule has 0 saturated heterocycles. The van der Waals surface area contributed by atoms with Gasteiger partial charge in [-0.25, -0.2) is 0 Å². The molecule has 31 heavy (non-hydrogen) atoms. The van der Waals surface area contributed by atoms with E-state index >= 15 is 0 Å². The molecule has 1 heterocycles. The van der Waals surface area contributed by atoms with E-state index in [9.17, 15) is 9.90 Å². The summed E-state index contributed by atoms with van der Waals surface area (Å²) in [6.07, 6.45) is 0. The van der Waals surface area contributed by atoms with Crippen LogP contribution in [0.2, 0.25) is 5.02 Å². The minimum absolute atomic E-state index is 0.0513. The molecule has 5 rings (SSSR count). The number of aliphatic hydroxyl groups is 1. The van der Waals surface area contributed by atoms with E-state index in [1.165, 1.54) is 0 Å². The molecule has 0 fully saturated rings. The number of rotatable bonds is 3. The van der Waals surface area contributed by atoms with Gasteiger partial charge in [0, 0.05) is 16.7 Å². The molecule has 4 aromatic carbocycles. The molecule has 1 amide bonds. The van der Waals surface area contributed by atoms with Crippen LogP contribution in [0.3, 0.4) is 0 Å². The SMILES string of the molecule is O=C1Nc2cc(Cl)c(-c3ccc(-c4ccccc4)cc3)cc2C1=C(O)c1ccccc1. The molecule has 2 N–H and O–H groups in total. The quantitative estimate of drug-likeness (QED) is 0.274. The summed E-state index contributed by atoms with van der Waals surface area (Å²) in [5, 5.41) is 14.2. The van der Waals surface area contributed by atoms with E-state index in [2.05, 4.69) is 29.6 Å². The normalized spacial score (nSPS) is 14.2. The van der Waals surface area contributed by atoms with Gasteiger partial charge in [0.25, 0.3) is 5.91 Å². The molecule has 0 saturated carbocycles. The summed E-state index contributed by atoms with van der Waals surface area (Å²) in [6.45, 7) is 0. The first-order valence-corrected chi connectivity index (χ1v) is 10.3. The van der Waals surface area contributed by atoms with Gasteiger partial charge in [-0.05, 0) is 28.8 Å². The third-order valence-electron chi connectivity index (χ3n) is 5.44. The number of carbonyl (C=O) groups excluding carboxylic acids is 1. The van der Waals surface area contributed by atoms with Crippen molar-refractivity contribution >= 4 is 34.5 Å². The molecule has 0 unspecified atom stereocenters. The summed E-state index contributed by atoms with van der Waals surface area (Å²) in [5.41, 5.74) is 6.06. The van der Waals surface area contributed by atoms with E-state index in [1.807, 2.05) is 54.6 Å². The van der Waals surface area contributed by atoms with Crippen LogP contribution in [0.4, 0.5) is 5.69 Å². The number of anilines is 1. The Kier molecular flexibility index (Phi) is 4.81. The number of amides is 1. The fourth-order valence-electron chi connectivity index (χ4n) is 3.86. The summed E-state index contributed by atoms with van der Waals surface area (Å²) in [5.74, 6) is -0.395. The molecule has 0 bridgehead atoms. The van der Waals surface area contributed by atoms with Crippen LogP contribution in [0, 0.1) is 0 Å². The fourth-order valence-corrected chi connectivity index (χ4v) is 4.13. The third kappa shape index (κ3) is 3.49. The van der Waals surface area contributed by atoms with Crippen LogP contribution in [0.1, 0.15) is 11.1 Å². The summed E-state index contributed by atoms with van der Waals surface area (Å²) in [6, 6.07) is 30.9. The van der Waals surface area contributed by atoms with Crippen LogP contribution in [0.25, 0.3) is 33.6 Å². The predicted octanol–water partition coefficient (Wildman–Crippen LogP) is 7.05. The van der Waals surface area contributed by atoms with E-state index in [1.54, 1.807) is 18.2 Å². The van der Waals surface area contributed by atoms with Gasteiger partial charge < -0.3 is 10.4 Å². The summed E-state index contributed by atoms with van der Waals surface area (Å²) in [4.78, 5) is 12.6. The first kappa shape index (κ1) is 19.2. The Morgan fingerprint density at radius 2 is 1.29 bits per heavy atom. The highest BCUT2D eigenvalue weighted by Gasteiger charge is 2.29. The molecule has 0 aromatic heterocycles. The molecule has 0 aliphatic carbocycles. The second kappa shape index (κ2) is 7.78. The van der Waals surface area contributed by atoms with Crippen LogP contribution in [-0.4, -0.2) is 11.0 Å². The van der Waals surface area contributed by atoms with Gasteiger partial charge >= 0.3 is 0 Å². The Labute approximate surface area is 185 Å². The number of aliphatic hydroxyl groups excluding tert-OH is 1. The van der Waals surface area contributed by atoms with Gasteiger partial charge in [-0.3, -0.25) is 4.79 Å². The molecule has 4 aromatic rings. The highest BCUT2D eigenvalue weighted by atomic mass is 35.5. The molecular formula is C27H18ClNO2. The van der Waals surface area contributed by atoms with Gasteiger partial charge in [-0.1, -0.05) is 96.5 Å². The van der Waals surface area contributed by atoms with Gasteiger partial charge in [0.05, 0.1) is 16.3 Å². The first-order valence-electron chi connectivity index (χ1n) is 9.91. The second-order valence-corrected chi connectivity index (χ2v) is 7.77. The van der Waals surface area contributed by atoms with Gasteiger partial charge in [-0.2, -0.15) is 0 Å². The van der Waals surface area contributed by atoms with Crippen molar-refractivity contribution in [3.8, 4) is 22.3 Å². The zero-order valence-corrected chi connectivity index (χ0v) is 17.2. The van der Waals surface area contributed by atoms with Crippen molar-refractivity contribution in [2.75, 3.05) is 5.32 Å². The molecule has 0 atom stereocenters.